The Balaban J connectivity index is 1.90. The molecule has 0 unspecified atom stereocenters. The molecule has 0 radical (unpaired) electrons. The highest BCUT2D eigenvalue weighted by atomic mass is 35.5. The molecule has 106 valence electrons. The van der Waals surface area contributed by atoms with Gasteiger partial charge in [-0.25, -0.2) is 15.8 Å². The molecule has 2 heterocycles. The molecule has 0 saturated carbocycles. The minimum atomic E-state index is -0.226. The van der Waals surface area contributed by atoms with E-state index in [2.05, 4.69) is 20.7 Å². The maximum absolute atomic E-state index is 11.9. The maximum atomic E-state index is 11.9. The maximum Gasteiger partial charge on any atom is 0.252 e. The molecular weight excluding hydrogens is 298 g/mol. The van der Waals surface area contributed by atoms with Crippen LogP contribution in [-0.4, -0.2) is 22.4 Å². The zero-order chi connectivity index (χ0) is 14.5. The summed E-state index contributed by atoms with van der Waals surface area (Å²) in [5.41, 5.74) is 3.74. The highest BCUT2D eigenvalue weighted by Gasteiger charge is 2.09. The molecule has 2 aromatic heterocycles. The number of carbonyl (C=O) groups is 1. The number of nitrogen functional groups attached to an aromatic ring is 1. The van der Waals surface area contributed by atoms with E-state index in [0.29, 0.717) is 29.4 Å². The molecule has 0 aliphatic rings. The van der Waals surface area contributed by atoms with Crippen molar-refractivity contribution in [2.24, 2.45) is 5.84 Å². The second kappa shape index (κ2) is 6.65. The van der Waals surface area contributed by atoms with E-state index >= 15 is 0 Å². The molecule has 2 rings (SSSR count). The third kappa shape index (κ3) is 3.66. The summed E-state index contributed by atoms with van der Waals surface area (Å²) in [6, 6.07) is 1.52. The molecule has 0 spiro atoms. The van der Waals surface area contributed by atoms with Crippen molar-refractivity contribution in [1.29, 1.82) is 0 Å². The second-order valence-corrected chi connectivity index (χ2v) is 5.44. The SMILES string of the molecule is Cc1csc(CCNC(=O)c2cnc(NN)c(Cl)c2)n1. The smallest absolute Gasteiger partial charge is 0.252 e. The molecular formula is C12H14ClN5OS. The lowest BCUT2D eigenvalue weighted by Gasteiger charge is -2.06. The number of amides is 1. The van der Waals surface area contributed by atoms with E-state index < -0.39 is 0 Å². The first-order valence-corrected chi connectivity index (χ1v) is 7.17. The monoisotopic (exact) mass is 311 g/mol. The van der Waals surface area contributed by atoms with Crippen molar-refractivity contribution in [2.45, 2.75) is 13.3 Å². The van der Waals surface area contributed by atoms with E-state index in [1.54, 1.807) is 11.3 Å². The average molecular weight is 312 g/mol. The highest BCUT2D eigenvalue weighted by Crippen LogP contribution is 2.18. The van der Waals surface area contributed by atoms with Crippen LogP contribution in [0.2, 0.25) is 5.02 Å². The number of aromatic nitrogens is 2. The summed E-state index contributed by atoms with van der Waals surface area (Å²) < 4.78 is 0. The number of aryl methyl sites for hydroxylation is 1. The van der Waals surface area contributed by atoms with E-state index in [1.165, 1.54) is 12.3 Å². The summed E-state index contributed by atoms with van der Waals surface area (Å²) in [5, 5.41) is 6.09. The molecule has 0 bridgehead atoms. The lowest BCUT2D eigenvalue weighted by atomic mass is 10.2. The van der Waals surface area contributed by atoms with Gasteiger partial charge in [-0.05, 0) is 13.0 Å². The molecule has 0 aliphatic heterocycles. The molecule has 1 amide bonds. The second-order valence-electron chi connectivity index (χ2n) is 4.09. The largest absolute Gasteiger partial charge is 0.352 e. The van der Waals surface area contributed by atoms with E-state index in [9.17, 15) is 4.79 Å². The normalized spacial score (nSPS) is 10.3. The third-order valence-electron chi connectivity index (χ3n) is 2.53. The number of carbonyl (C=O) groups excluding carboxylic acids is 1. The minimum Gasteiger partial charge on any atom is -0.352 e. The van der Waals surface area contributed by atoms with Crippen LogP contribution in [-0.2, 0) is 6.42 Å². The molecule has 4 N–H and O–H groups in total. The number of hydrazine groups is 1. The number of nitrogens with zero attached hydrogens (tertiary/aromatic N) is 2. The van der Waals surface area contributed by atoms with Gasteiger partial charge >= 0.3 is 0 Å². The summed E-state index contributed by atoms with van der Waals surface area (Å²) in [7, 11) is 0. The van der Waals surface area contributed by atoms with Crippen LogP contribution in [0.4, 0.5) is 5.82 Å². The van der Waals surface area contributed by atoms with Crippen molar-refractivity contribution in [3.8, 4) is 0 Å². The molecule has 0 aliphatic carbocycles. The topological polar surface area (TPSA) is 92.9 Å². The third-order valence-corrected chi connectivity index (χ3v) is 3.85. The average Bonchev–Trinajstić information content (AvgIpc) is 2.84. The molecule has 0 atom stereocenters. The Morgan fingerprint density at radius 2 is 2.35 bits per heavy atom. The number of hydrogen-bond acceptors (Lipinski definition) is 6. The van der Waals surface area contributed by atoms with Gasteiger partial charge in [0.05, 0.1) is 15.6 Å². The number of thiazole rings is 1. The standard InChI is InChI=1S/C12H14ClN5OS/c1-7-6-20-10(17-7)2-3-15-12(19)8-4-9(13)11(18-14)16-5-8/h4-6H,2-3,14H2,1H3,(H,15,19)(H,16,18). The van der Waals surface area contributed by atoms with Crippen LogP contribution in [0.3, 0.4) is 0 Å². The van der Waals surface area contributed by atoms with Crippen LogP contribution < -0.4 is 16.6 Å². The first kappa shape index (κ1) is 14.7. The van der Waals surface area contributed by atoms with Gasteiger partial charge in [0.2, 0.25) is 0 Å². The first-order chi connectivity index (χ1) is 9.60. The van der Waals surface area contributed by atoms with Gasteiger partial charge in [-0.1, -0.05) is 11.6 Å². The van der Waals surface area contributed by atoms with Crippen molar-refractivity contribution >= 4 is 34.7 Å². The Morgan fingerprint density at radius 1 is 1.55 bits per heavy atom. The van der Waals surface area contributed by atoms with Crippen molar-refractivity contribution in [3.63, 3.8) is 0 Å². The van der Waals surface area contributed by atoms with Gasteiger partial charge < -0.3 is 10.7 Å². The van der Waals surface area contributed by atoms with E-state index in [1.807, 2.05) is 12.3 Å². The van der Waals surface area contributed by atoms with E-state index in [-0.39, 0.29) is 5.91 Å². The van der Waals surface area contributed by atoms with Gasteiger partial charge in [-0.3, -0.25) is 4.79 Å². The van der Waals surface area contributed by atoms with Crippen molar-refractivity contribution in [1.82, 2.24) is 15.3 Å². The molecule has 20 heavy (non-hydrogen) atoms. The molecule has 8 heteroatoms. The van der Waals surface area contributed by atoms with Gasteiger partial charge in [0, 0.05) is 30.2 Å². The number of nitrogens with two attached hydrogens (primary N) is 1. The minimum absolute atomic E-state index is 0.226. The Hall–Kier alpha value is -1.70. The number of hydrogen-bond donors (Lipinski definition) is 3. The summed E-state index contributed by atoms with van der Waals surface area (Å²) in [4.78, 5) is 20.2. The van der Waals surface area contributed by atoms with Crippen molar-refractivity contribution in [2.75, 3.05) is 12.0 Å². The fourth-order valence-corrected chi connectivity index (χ4v) is 2.57. The molecule has 0 saturated heterocycles. The van der Waals surface area contributed by atoms with E-state index in [0.717, 1.165) is 10.7 Å². The predicted molar refractivity (Wildman–Crippen MR) is 79.9 cm³/mol. The number of nitrogens with one attached hydrogen (secondary N) is 2. The summed E-state index contributed by atoms with van der Waals surface area (Å²) in [6.45, 7) is 2.46. The first-order valence-electron chi connectivity index (χ1n) is 5.91. The highest BCUT2D eigenvalue weighted by molar-refractivity contribution is 7.09. The molecule has 0 aromatic carbocycles. The van der Waals surface area contributed by atoms with Crippen LogP contribution >= 0.6 is 22.9 Å². The zero-order valence-electron chi connectivity index (χ0n) is 10.8. The van der Waals surface area contributed by atoms with Crippen LogP contribution in [0.1, 0.15) is 21.1 Å². The number of pyridine rings is 1. The summed E-state index contributed by atoms with van der Waals surface area (Å²) in [6.07, 6.45) is 2.12. The van der Waals surface area contributed by atoms with Crippen LogP contribution in [0.15, 0.2) is 17.6 Å². The number of halogens is 1. The number of rotatable bonds is 5. The summed E-state index contributed by atoms with van der Waals surface area (Å²) >= 11 is 7.50. The molecule has 2 aromatic rings. The lowest BCUT2D eigenvalue weighted by Crippen LogP contribution is -2.26. The molecule has 0 fully saturated rings. The van der Waals surface area contributed by atoms with Crippen LogP contribution in [0, 0.1) is 6.92 Å². The Morgan fingerprint density at radius 3 is 2.95 bits per heavy atom. The number of anilines is 1. The Labute approximate surface area is 125 Å². The van der Waals surface area contributed by atoms with Gasteiger partial charge in [0.25, 0.3) is 5.91 Å². The van der Waals surface area contributed by atoms with Gasteiger partial charge in [0.1, 0.15) is 0 Å². The van der Waals surface area contributed by atoms with Crippen LogP contribution in [0.25, 0.3) is 0 Å². The quantitative estimate of drug-likeness (QED) is 0.578. The van der Waals surface area contributed by atoms with Gasteiger partial charge in [-0.15, -0.1) is 11.3 Å². The van der Waals surface area contributed by atoms with Crippen molar-refractivity contribution in [3.05, 3.63) is 38.9 Å². The van der Waals surface area contributed by atoms with Crippen molar-refractivity contribution < 1.29 is 4.79 Å². The van der Waals surface area contributed by atoms with Gasteiger partial charge in [-0.2, -0.15) is 0 Å². The predicted octanol–water partition coefficient (Wildman–Crippen LogP) is 1.76. The van der Waals surface area contributed by atoms with Crippen LogP contribution in [0.5, 0.6) is 0 Å². The van der Waals surface area contributed by atoms with E-state index in [4.69, 9.17) is 17.4 Å². The lowest BCUT2D eigenvalue weighted by molar-refractivity contribution is 0.0954. The summed E-state index contributed by atoms with van der Waals surface area (Å²) in [5.74, 6) is 5.33. The zero-order valence-corrected chi connectivity index (χ0v) is 12.4. The Kier molecular flexibility index (Phi) is 4.89. The molecule has 6 nitrogen and oxygen atoms in total. The van der Waals surface area contributed by atoms with Gasteiger partial charge in [0.15, 0.2) is 5.82 Å². The fourth-order valence-electron chi connectivity index (χ4n) is 1.57. The fraction of sp³-hybridized carbons (Fsp3) is 0.250. The Bertz CT molecular complexity index is 616.